The van der Waals surface area contributed by atoms with Crippen LogP contribution in [0.3, 0.4) is 0 Å². The molecule has 182 valence electrons. The van der Waals surface area contributed by atoms with E-state index < -0.39 is 24.4 Å². The van der Waals surface area contributed by atoms with E-state index in [0.29, 0.717) is 41.3 Å². The van der Waals surface area contributed by atoms with Gasteiger partial charge in [0, 0.05) is 24.2 Å². The molecule has 0 aliphatic carbocycles. The second-order valence-electron chi connectivity index (χ2n) is 7.73. The molecule has 2 aromatic rings. The Bertz CT molecular complexity index is 1160. The minimum atomic E-state index is -0.906. The van der Waals surface area contributed by atoms with Gasteiger partial charge in [-0.3, -0.25) is 9.89 Å². The average Bonchev–Trinajstić information content (AvgIpc) is 2.92. The fourth-order valence-corrected chi connectivity index (χ4v) is 3.78. The number of hydrazone groups is 1. The first-order valence-electron chi connectivity index (χ1n) is 11.2. The van der Waals surface area contributed by atoms with E-state index in [0.717, 1.165) is 5.01 Å². The number of hydrogen-bond acceptors (Lipinski definition) is 7. The Morgan fingerprint density at radius 2 is 1.94 bits per heavy atom. The lowest BCUT2D eigenvalue weighted by molar-refractivity contribution is 0.0530. The van der Waals surface area contributed by atoms with Gasteiger partial charge in [0.25, 0.3) is 0 Å². The second kappa shape index (κ2) is 10.7. The van der Waals surface area contributed by atoms with Gasteiger partial charge in [-0.05, 0) is 30.2 Å². The van der Waals surface area contributed by atoms with Crippen molar-refractivity contribution in [2.45, 2.75) is 25.6 Å². The molecule has 35 heavy (non-hydrogen) atoms. The lowest BCUT2D eigenvalue weighted by Crippen LogP contribution is -2.50. The molecule has 1 N–H and O–H groups in total. The van der Waals surface area contributed by atoms with Gasteiger partial charge in [0.1, 0.15) is 11.8 Å². The number of hydrogen-bond donors (Lipinski definition) is 1. The minimum absolute atomic E-state index is 0.312. The van der Waals surface area contributed by atoms with Gasteiger partial charge in [0.05, 0.1) is 20.8 Å². The molecular weight excluding hydrogens is 450 g/mol. The van der Waals surface area contributed by atoms with Crippen molar-refractivity contribution in [1.29, 1.82) is 0 Å². The zero-order chi connectivity index (χ0) is 24.8. The Labute approximate surface area is 203 Å². The lowest BCUT2D eigenvalue weighted by atomic mass is 10.0. The van der Waals surface area contributed by atoms with Crippen LogP contribution in [0.15, 0.2) is 71.0 Å². The molecule has 4 rings (SSSR count). The lowest BCUT2D eigenvalue weighted by Gasteiger charge is -2.35. The van der Waals surface area contributed by atoms with E-state index in [1.165, 1.54) is 11.1 Å². The van der Waals surface area contributed by atoms with Crippen molar-refractivity contribution in [3.63, 3.8) is 0 Å². The van der Waals surface area contributed by atoms with Crippen molar-refractivity contribution < 1.29 is 23.8 Å². The van der Waals surface area contributed by atoms with Gasteiger partial charge in [-0.15, -0.1) is 0 Å². The Balaban J connectivity index is 1.74. The van der Waals surface area contributed by atoms with E-state index in [4.69, 9.17) is 19.3 Å². The molecule has 2 heterocycles. The number of aliphatic imine (C=N–C) groups is 1. The molecule has 0 saturated carbocycles. The maximum atomic E-state index is 13.1. The van der Waals surface area contributed by atoms with E-state index in [1.54, 1.807) is 38.8 Å². The number of cyclic esters (lactones) is 1. The highest BCUT2D eigenvalue weighted by Crippen LogP contribution is 2.31. The summed E-state index contributed by atoms with van der Waals surface area (Å²) in [5.41, 5.74) is 1.91. The van der Waals surface area contributed by atoms with Crippen LogP contribution in [-0.2, 0) is 4.74 Å². The third kappa shape index (κ3) is 5.11. The van der Waals surface area contributed by atoms with Crippen molar-refractivity contribution in [3.8, 4) is 11.5 Å². The molecule has 0 fully saturated rings. The summed E-state index contributed by atoms with van der Waals surface area (Å²) in [6.45, 7) is 2.22. The Morgan fingerprint density at radius 3 is 2.60 bits per heavy atom. The van der Waals surface area contributed by atoms with Crippen molar-refractivity contribution in [2.24, 2.45) is 10.1 Å². The summed E-state index contributed by atoms with van der Waals surface area (Å²) in [4.78, 5) is 31.5. The standard InChI is InChI=1S/C25H27N5O5/c1-4-19-22(18-10-11-20(33-2)21(16-18)34-3)28-30(25(32)35-19)23(17-8-6-5-7-9-17)27-24(31)29-14-12-26-13-15-29/h5-14,16,19,23H,4,15H2,1-3H3,(H,27,31). The fourth-order valence-electron chi connectivity index (χ4n) is 3.78. The second-order valence-corrected chi connectivity index (χ2v) is 7.73. The van der Waals surface area contributed by atoms with Crippen LogP contribution >= 0.6 is 0 Å². The number of rotatable bonds is 7. The molecule has 10 nitrogen and oxygen atoms in total. The van der Waals surface area contributed by atoms with Crippen LogP contribution in [-0.4, -0.2) is 60.8 Å². The maximum Gasteiger partial charge on any atom is 0.433 e. The first-order chi connectivity index (χ1) is 17.0. The van der Waals surface area contributed by atoms with Crippen LogP contribution in [0, 0.1) is 0 Å². The first kappa shape index (κ1) is 23.8. The number of methoxy groups -OCH3 is 2. The number of urea groups is 1. The molecule has 10 heteroatoms. The van der Waals surface area contributed by atoms with Crippen LogP contribution < -0.4 is 14.8 Å². The van der Waals surface area contributed by atoms with Crippen LogP contribution in [0.4, 0.5) is 9.59 Å². The molecule has 3 amide bonds. The van der Waals surface area contributed by atoms with Crippen LogP contribution in [0.5, 0.6) is 11.5 Å². The Kier molecular flexibility index (Phi) is 7.30. The topological polar surface area (TPSA) is 105 Å². The highest BCUT2D eigenvalue weighted by molar-refractivity contribution is 6.06. The zero-order valence-corrected chi connectivity index (χ0v) is 19.7. The molecule has 2 aromatic carbocycles. The van der Waals surface area contributed by atoms with E-state index in [-0.39, 0.29) is 0 Å². The molecule has 0 saturated heterocycles. The van der Waals surface area contributed by atoms with Crippen LogP contribution in [0.1, 0.15) is 30.6 Å². The number of carbonyl (C=O) groups excluding carboxylic acids is 2. The molecule has 0 aromatic heterocycles. The summed E-state index contributed by atoms with van der Waals surface area (Å²) >= 11 is 0. The first-order valence-corrected chi connectivity index (χ1v) is 11.2. The Hall–Kier alpha value is -4.34. The number of carbonyl (C=O) groups is 2. The van der Waals surface area contributed by atoms with Crippen molar-refractivity contribution in [2.75, 3.05) is 20.8 Å². The molecule has 2 aliphatic rings. The van der Waals surface area contributed by atoms with E-state index in [9.17, 15) is 9.59 Å². The predicted octanol–water partition coefficient (Wildman–Crippen LogP) is 3.90. The van der Waals surface area contributed by atoms with Gasteiger partial charge in [0.15, 0.2) is 17.7 Å². The molecule has 2 aliphatic heterocycles. The quantitative estimate of drug-likeness (QED) is 0.651. The Morgan fingerprint density at radius 1 is 1.17 bits per heavy atom. The zero-order valence-electron chi connectivity index (χ0n) is 19.7. The van der Waals surface area contributed by atoms with Gasteiger partial charge >= 0.3 is 12.1 Å². The van der Waals surface area contributed by atoms with Gasteiger partial charge in [-0.25, -0.2) is 9.59 Å². The summed E-state index contributed by atoms with van der Waals surface area (Å²) in [5.74, 6) is 1.10. The van der Waals surface area contributed by atoms with Gasteiger partial charge in [-0.2, -0.15) is 10.1 Å². The summed E-state index contributed by atoms with van der Waals surface area (Å²) in [6, 6.07) is 14.1. The van der Waals surface area contributed by atoms with E-state index in [2.05, 4.69) is 10.3 Å². The van der Waals surface area contributed by atoms with Crippen molar-refractivity contribution in [1.82, 2.24) is 15.2 Å². The van der Waals surface area contributed by atoms with Gasteiger partial charge in [-0.1, -0.05) is 37.3 Å². The largest absolute Gasteiger partial charge is 0.493 e. The third-order valence-corrected chi connectivity index (χ3v) is 5.60. The van der Waals surface area contributed by atoms with E-state index in [1.807, 2.05) is 43.3 Å². The maximum absolute atomic E-state index is 13.1. The fraction of sp³-hybridized carbons (Fsp3) is 0.280. The predicted molar refractivity (Wildman–Crippen MR) is 131 cm³/mol. The number of benzene rings is 2. The number of amides is 3. The molecule has 0 radical (unpaired) electrons. The smallest absolute Gasteiger partial charge is 0.433 e. The summed E-state index contributed by atoms with van der Waals surface area (Å²) in [5, 5.41) is 8.75. The molecule has 0 bridgehead atoms. The highest BCUT2D eigenvalue weighted by Gasteiger charge is 2.37. The third-order valence-electron chi connectivity index (χ3n) is 5.60. The monoisotopic (exact) mass is 477 g/mol. The minimum Gasteiger partial charge on any atom is -0.493 e. The van der Waals surface area contributed by atoms with E-state index >= 15 is 0 Å². The normalized spacial score (nSPS) is 18.0. The van der Waals surface area contributed by atoms with Gasteiger partial charge < -0.3 is 19.5 Å². The summed E-state index contributed by atoms with van der Waals surface area (Å²) in [6.07, 6.45) is 3.10. The van der Waals surface area contributed by atoms with Crippen molar-refractivity contribution >= 4 is 24.1 Å². The van der Waals surface area contributed by atoms with Crippen LogP contribution in [0.25, 0.3) is 0 Å². The molecule has 0 spiro atoms. The number of nitrogens with zero attached hydrogens (tertiary/aromatic N) is 4. The van der Waals surface area contributed by atoms with Crippen LogP contribution in [0.2, 0.25) is 0 Å². The molecule has 2 atom stereocenters. The molecule has 2 unspecified atom stereocenters. The summed E-state index contributed by atoms with van der Waals surface area (Å²) < 4.78 is 16.5. The molecular formula is C25H27N5O5. The van der Waals surface area contributed by atoms with Gasteiger partial charge in [0.2, 0.25) is 0 Å². The van der Waals surface area contributed by atoms with Crippen molar-refractivity contribution in [3.05, 3.63) is 72.1 Å². The number of nitrogens with one attached hydrogen (secondary N) is 1. The summed E-state index contributed by atoms with van der Waals surface area (Å²) in [7, 11) is 3.11. The SMILES string of the molecule is CCC1OC(=O)N(C(NC(=O)N2C=CN=CC2)c2ccccc2)N=C1c1ccc(OC)c(OC)c1. The number of ether oxygens (including phenoxy) is 3. The average molecular weight is 478 g/mol. The highest BCUT2D eigenvalue weighted by atomic mass is 16.6.